The second-order valence-electron chi connectivity index (χ2n) is 4.84. The fraction of sp³-hybridized carbons (Fsp3) is 0.111. The lowest BCUT2D eigenvalue weighted by molar-refractivity contribution is 0.261. The van der Waals surface area contributed by atoms with Crippen molar-refractivity contribution in [2.24, 2.45) is 0 Å². The monoisotopic (exact) mass is 298 g/mol. The first-order chi connectivity index (χ1) is 10.3. The number of benzene rings is 3. The van der Waals surface area contributed by atoms with Crippen LogP contribution in [0.1, 0.15) is 11.1 Å². The van der Waals surface area contributed by atoms with Gasteiger partial charge in [0.15, 0.2) is 0 Å². The molecule has 0 aliphatic carbocycles. The molecule has 0 unspecified atom stereocenters. The Morgan fingerprint density at radius 1 is 0.952 bits per heavy atom. The summed E-state index contributed by atoms with van der Waals surface area (Å²) in [7, 11) is 0. The number of aliphatic hydroxyl groups is 1. The molecule has 21 heavy (non-hydrogen) atoms. The van der Waals surface area contributed by atoms with Gasteiger partial charge in [-0.25, -0.2) is 0 Å². The normalized spacial score (nSPS) is 10.8. The lowest BCUT2D eigenvalue weighted by Gasteiger charge is -2.13. The van der Waals surface area contributed by atoms with Crippen LogP contribution in [0.5, 0.6) is 5.75 Å². The van der Waals surface area contributed by atoms with Gasteiger partial charge in [0, 0.05) is 10.6 Å². The van der Waals surface area contributed by atoms with Crippen molar-refractivity contribution in [3.8, 4) is 5.75 Å². The van der Waals surface area contributed by atoms with Crippen molar-refractivity contribution >= 4 is 22.4 Å². The highest BCUT2D eigenvalue weighted by molar-refractivity contribution is 6.30. The van der Waals surface area contributed by atoms with E-state index in [2.05, 4.69) is 0 Å². The highest BCUT2D eigenvalue weighted by Crippen LogP contribution is 2.28. The van der Waals surface area contributed by atoms with E-state index in [-0.39, 0.29) is 6.61 Å². The van der Waals surface area contributed by atoms with Crippen molar-refractivity contribution < 1.29 is 9.84 Å². The number of aliphatic hydroxyl groups excluding tert-OH is 1. The molecule has 3 aromatic carbocycles. The highest BCUT2D eigenvalue weighted by Gasteiger charge is 2.08. The SMILES string of the molecule is OCc1c(OCc2cccc(Cl)c2)ccc2ccccc12. The molecule has 0 amide bonds. The van der Waals surface area contributed by atoms with E-state index < -0.39 is 0 Å². The number of ether oxygens (including phenoxy) is 1. The number of fused-ring (bicyclic) bond motifs is 1. The standard InChI is InChI=1S/C18H15ClO2/c19-15-6-3-4-13(10-15)12-21-18-9-8-14-5-1-2-7-16(14)17(18)11-20/h1-10,20H,11-12H2. The summed E-state index contributed by atoms with van der Waals surface area (Å²) in [5.74, 6) is 0.705. The first kappa shape index (κ1) is 13.9. The predicted octanol–water partition coefficient (Wildman–Crippen LogP) is 4.56. The van der Waals surface area contributed by atoms with Gasteiger partial charge in [0.05, 0.1) is 6.61 Å². The van der Waals surface area contributed by atoms with Gasteiger partial charge in [-0.1, -0.05) is 54.1 Å². The van der Waals surface area contributed by atoms with Gasteiger partial charge in [-0.3, -0.25) is 0 Å². The van der Waals surface area contributed by atoms with Crippen LogP contribution in [0.25, 0.3) is 10.8 Å². The molecule has 3 rings (SSSR count). The summed E-state index contributed by atoms with van der Waals surface area (Å²) < 4.78 is 5.86. The van der Waals surface area contributed by atoms with Crippen molar-refractivity contribution in [3.63, 3.8) is 0 Å². The third-order valence-corrected chi connectivity index (χ3v) is 3.67. The van der Waals surface area contributed by atoms with Crippen LogP contribution >= 0.6 is 11.6 Å². The smallest absolute Gasteiger partial charge is 0.125 e. The van der Waals surface area contributed by atoms with Crippen LogP contribution in [0.3, 0.4) is 0 Å². The molecule has 0 aromatic heterocycles. The van der Waals surface area contributed by atoms with Crippen molar-refractivity contribution in [1.82, 2.24) is 0 Å². The first-order valence-electron chi connectivity index (χ1n) is 6.76. The molecule has 0 atom stereocenters. The average molecular weight is 299 g/mol. The van der Waals surface area contributed by atoms with Crippen LogP contribution in [0.2, 0.25) is 5.02 Å². The molecule has 3 heteroatoms. The molecule has 0 spiro atoms. The Bertz CT molecular complexity index is 768. The summed E-state index contributed by atoms with van der Waals surface area (Å²) in [6.07, 6.45) is 0. The maximum absolute atomic E-state index is 9.66. The number of rotatable bonds is 4. The van der Waals surface area contributed by atoms with E-state index >= 15 is 0 Å². The Kier molecular flexibility index (Phi) is 4.09. The molecule has 0 aliphatic heterocycles. The molecular weight excluding hydrogens is 284 g/mol. The number of halogens is 1. The molecule has 0 fully saturated rings. The summed E-state index contributed by atoms with van der Waals surface area (Å²) in [6.45, 7) is 0.373. The van der Waals surface area contributed by atoms with Gasteiger partial charge < -0.3 is 9.84 Å². The van der Waals surface area contributed by atoms with Gasteiger partial charge >= 0.3 is 0 Å². The highest BCUT2D eigenvalue weighted by atomic mass is 35.5. The Morgan fingerprint density at radius 3 is 2.62 bits per heavy atom. The van der Waals surface area contributed by atoms with Gasteiger partial charge in [-0.15, -0.1) is 0 Å². The Hall–Kier alpha value is -2.03. The second kappa shape index (κ2) is 6.17. The topological polar surface area (TPSA) is 29.5 Å². The van der Waals surface area contributed by atoms with Crippen LogP contribution < -0.4 is 4.74 Å². The van der Waals surface area contributed by atoms with Crippen molar-refractivity contribution in [3.05, 3.63) is 76.8 Å². The molecule has 0 saturated carbocycles. The van der Waals surface area contributed by atoms with Crippen molar-refractivity contribution in [2.45, 2.75) is 13.2 Å². The lowest BCUT2D eigenvalue weighted by atomic mass is 10.0. The molecule has 3 aromatic rings. The molecule has 0 bridgehead atoms. The van der Waals surface area contributed by atoms with Gasteiger partial charge in [0.1, 0.15) is 12.4 Å². The zero-order chi connectivity index (χ0) is 14.7. The van der Waals surface area contributed by atoms with Crippen LogP contribution in [0, 0.1) is 0 Å². The zero-order valence-corrected chi connectivity index (χ0v) is 12.2. The van der Waals surface area contributed by atoms with Crippen molar-refractivity contribution in [1.29, 1.82) is 0 Å². The third kappa shape index (κ3) is 3.02. The Balaban J connectivity index is 1.90. The minimum Gasteiger partial charge on any atom is -0.489 e. The van der Waals surface area contributed by atoms with Gasteiger partial charge in [0.2, 0.25) is 0 Å². The van der Waals surface area contributed by atoms with E-state index in [0.717, 1.165) is 21.9 Å². The minimum atomic E-state index is -0.0494. The summed E-state index contributed by atoms with van der Waals surface area (Å²) in [5.41, 5.74) is 1.81. The van der Waals surface area contributed by atoms with Gasteiger partial charge in [0.25, 0.3) is 0 Å². The summed E-state index contributed by atoms with van der Waals surface area (Å²) in [5, 5.41) is 12.5. The first-order valence-corrected chi connectivity index (χ1v) is 7.14. The summed E-state index contributed by atoms with van der Waals surface area (Å²) >= 11 is 5.97. The largest absolute Gasteiger partial charge is 0.489 e. The van der Waals surface area contributed by atoms with E-state index in [1.54, 1.807) is 0 Å². The fourth-order valence-corrected chi connectivity index (χ4v) is 2.61. The molecule has 2 nitrogen and oxygen atoms in total. The van der Waals surface area contributed by atoms with E-state index in [9.17, 15) is 5.11 Å². The number of hydrogen-bond donors (Lipinski definition) is 1. The third-order valence-electron chi connectivity index (χ3n) is 3.44. The van der Waals surface area contributed by atoms with Crippen molar-refractivity contribution in [2.75, 3.05) is 0 Å². The van der Waals surface area contributed by atoms with E-state index in [1.165, 1.54) is 0 Å². The summed E-state index contributed by atoms with van der Waals surface area (Å²) in [4.78, 5) is 0. The Labute approximate surface area is 128 Å². The molecule has 0 aliphatic rings. The molecule has 0 heterocycles. The molecule has 0 radical (unpaired) electrons. The van der Waals surface area contributed by atoms with E-state index in [4.69, 9.17) is 16.3 Å². The van der Waals surface area contributed by atoms with Gasteiger partial charge in [-0.2, -0.15) is 0 Å². The molecule has 0 saturated heterocycles. The quantitative estimate of drug-likeness (QED) is 0.765. The summed E-state index contributed by atoms with van der Waals surface area (Å²) in [6, 6.07) is 19.4. The van der Waals surface area contributed by atoms with Gasteiger partial charge in [-0.05, 0) is 34.5 Å². The molecule has 1 N–H and O–H groups in total. The van der Waals surface area contributed by atoms with E-state index in [0.29, 0.717) is 17.4 Å². The van der Waals surface area contributed by atoms with Crippen LogP contribution in [-0.2, 0) is 13.2 Å². The second-order valence-corrected chi connectivity index (χ2v) is 5.28. The molecule has 106 valence electrons. The molecular formula is C18H15ClO2. The predicted molar refractivity (Wildman–Crippen MR) is 85.7 cm³/mol. The van der Waals surface area contributed by atoms with Crippen LogP contribution in [-0.4, -0.2) is 5.11 Å². The lowest BCUT2D eigenvalue weighted by Crippen LogP contribution is -1.99. The van der Waals surface area contributed by atoms with Crippen LogP contribution in [0.4, 0.5) is 0 Å². The Morgan fingerprint density at radius 2 is 1.81 bits per heavy atom. The number of hydrogen-bond acceptors (Lipinski definition) is 2. The minimum absolute atomic E-state index is 0.0494. The zero-order valence-electron chi connectivity index (χ0n) is 11.4. The average Bonchev–Trinajstić information content (AvgIpc) is 2.52. The fourth-order valence-electron chi connectivity index (χ4n) is 2.40. The van der Waals surface area contributed by atoms with E-state index in [1.807, 2.05) is 60.7 Å². The maximum atomic E-state index is 9.66. The maximum Gasteiger partial charge on any atom is 0.125 e. The van der Waals surface area contributed by atoms with Crippen LogP contribution in [0.15, 0.2) is 60.7 Å².